The fraction of sp³-hybridized carbons (Fsp3) is 0.0500. The zero-order valence-corrected chi connectivity index (χ0v) is 12.4. The molecule has 108 valence electrons. The van der Waals surface area contributed by atoms with Crippen molar-refractivity contribution in [3.05, 3.63) is 84.4 Å². The molecule has 0 atom stereocenters. The van der Waals surface area contributed by atoms with Gasteiger partial charge in [0.2, 0.25) is 0 Å². The molecule has 2 heteroatoms. The summed E-state index contributed by atoms with van der Waals surface area (Å²) in [5, 5.41) is 0. The minimum atomic E-state index is 0.839. The highest BCUT2D eigenvalue weighted by molar-refractivity contribution is 5.83. The molecule has 2 nitrogen and oxygen atoms in total. The van der Waals surface area contributed by atoms with Crippen LogP contribution < -0.4 is 4.74 Å². The standard InChI is InChI=1S/C20H17NO/c1-22-20-13-11-19(12-14-20)21-15-16-7-9-18(10-8-16)17-5-3-2-4-6-17/h2-15H,1H3. The van der Waals surface area contributed by atoms with Gasteiger partial charge in [-0.1, -0.05) is 54.6 Å². The number of hydrogen-bond donors (Lipinski definition) is 0. The molecule has 0 amide bonds. The van der Waals surface area contributed by atoms with Crippen LogP contribution in [-0.4, -0.2) is 13.3 Å². The van der Waals surface area contributed by atoms with Crippen molar-refractivity contribution < 1.29 is 4.74 Å². The fourth-order valence-corrected chi connectivity index (χ4v) is 2.21. The zero-order chi connectivity index (χ0) is 15.2. The SMILES string of the molecule is COc1ccc(N=Cc2ccc(-c3ccccc3)cc2)cc1. The van der Waals surface area contributed by atoms with Crippen molar-refractivity contribution in [1.82, 2.24) is 0 Å². The Bertz CT molecular complexity index is 744. The summed E-state index contributed by atoms with van der Waals surface area (Å²) in [5.74, 6) is 0.839. The Morgan fingerprint density at radius 2 is 1.36 bits per heavy atom. The van der Waals surface area contributed by atoms with Crippen molar-refractivity contribution in [3.8, 4) is 16.9 Å². The second-order valence-corrected chi connectivity index (χ2v) is 4.94. The summed E-state index contributed by atoms with van der Waals surface area (Å²) in [6.45, 7) is 0. The molecular formula is C20H17NO. The van der Waals surface area contributed by atoms with Gasteiger partial charge in [0.05, 0.1) is 12.8 Å². The van der Waals surface area contributed by atoms with Gasteiger partial charge >= 0.3 is 0 Å². The smallest absolute Gasteiger partial charge is 0.119 e. The maximum Gasteiger partial charge on any atom is 0.119 e. The van der Waals surface area contributed by atoms with Crippen LogP contribution in [0.25, 0.3) is 11.1 Å². The van der Waals surface area contributed by atoms with E-state index in [2.05, 4.69) is 41.4 Å². The van der Waals surface area contributed by atoms with Gasteiger partial charge < -0.3 is 4.74 Å². The van der Waals surface area contributed by atoms with Gasteiger partial charge in [0.15, 0.2) is 0 Å². The molecule has 0 aromatic heterocycles. The van der Waals surface area contributed by atoms with Gasteiger partial charge in [0.1, 0.15) is 5.75 Å². The zero-order valence-electron chi connectivity index (χ0n) is 12.4. The molecule has 0 saturated heterocycles. The van der Waals surface area contributed by atoms with E-state index in [0.29, 0.717) is 0 Å². The number of hydrogen-bond acceptors (Lipinski definition) is 2. The summed E-state index contributed by atoms with van der Waals surface area (Å²) in [5.41, 5.74) is 4.42. The van der Waals surface area contributed by atoms with E-state index in [9.17, 15) is 0 Å². The molecule has 3 rings (SSSR count). The van der Waals surface area contributed by atoms with Crippen molar-refractivity contribution in [2.24, 2.45) is 4.99 Å². The van der Waals surface area contributed by atoms with Gasteiger partial charge in [-0.05, 0) is 41.0 Å². The topological polar surface area (TPSA) is 21.6 Å². The Balaban J connectivity index is 1.74. The van der Waals surface area contributed by atoms with Crippen LogP contribution in [0.5, 0.6) is 5.75 Å². The lowest BCUT2D eigenvalue weighted by Crippen LogP contribution is -1.83. The molecule has 0 bridgehead atoms. The highest BCUT2D eigenvalue weighted by Gasteiger charge is 1.96. The predicted octanol–water partition coefficient (Wildman–Crippen LogP) is 5.11. The van der Waals surface area contributed by atoms with Crippen molar-refractivity contribution in [2.45, 2.75) is 0 Å². The molecule has 3 aromatic rings. The average molecular weight is 287 g/mol. The van der Waals surface area contributed by atoms with E-state index in [1.54, 1.807) is 7.11 Å². The maximum absolute atomic E-state index is 5.14. The molecule has 0 heterocycles. The van der Waals surface area contributed by atoms with Crippen LogP contribution in [0.2, 0.25) is 0 Å². The summed E-state index contributed by atoms with van der Waals surface area (Å²) < 4.78 is 5.14. The Hall–Kier alpha value is -2.87. The summed E-state index contributed by atoms with van der Waals surface area (Å²) in [4.78, 5) is 4.47. The van der Waals surface area contributed by atoms with Crippen LogP contribution in [0.1, 0.15) is 5.56 Å². The number of nitrogens with zero attached hydrogens (tertiary/aromatic N) is 1. The summed E-state index contributed by atoms with van der Waals surface area (Å²) in [6.07, 6.45) is 1.87. The van der Waals surface area contributed by atoms with Gasteiger partial charge in [0, 0.05) is 6.21 Å². The first-order valence-electron chi connectivity index (χ1n) is 7.19. The van der Waals surface area contributed by atoms with Crippen LogP contribution in [0.15, 0.2) is 83.9 Å². The molecule has 0 saturated carbocycles. The fourth-order valence-electron chi connectivity index (χ4n) is 2.21. The lowest BCUT2D eigenvalue weighted by Gasteiger charge is -2.02. The third kappa shape index (κ3) is 3.41. The first-order valence-corrected chi connectivity index (χ1v) is 7.19. The predicted molar refractivity (Wildman–Crippen MR) is 92.1 cm³/mol. The van der Waals surface area contributed by atoms with E-state index >= 15 is 0 Å². The van der Waals surface area contributed by atoms with Gasteiger partial charge in [-0.3, -0.25) is 4.99 Å². The number of methoxy groups -OCH3 is 1. The summed E-state index contributed by atoms with van der Waals surface area (Å²) >= 11 is 0. The first kappa shape index (κ1) is 14.1. The lowest BCUT2D eigenvalue weighted by molar-refractivity contribution is 0.415. The Kier molecular flexibility index (Phi) is 4.30. The van der Waals surface area contributed by atoms with Crippen molar-refractivity contribution in [2.75, 3.05) is 7.11 Å². The highest BCUT2D eigenvalue weighted by atomic mass is 16.5. The normalized spacial score (nSPS) is 10.8. The van der Waals surface area contributed by atoms with Crippen LogP contribution >= 0.6 is 0 Å². The molecule has 0 aliphatic carbocycles. The van der Waals surface area contributed by atoms with Crippen LogP contribution in [-0.2, 0) is 0 Å². The molecule has 0 N–H and O–H groups in total. The summed E-state index contributed by atoms with van der Waals surface area (Å²) in [7, 11) is 1.66. The molecule has 3 aromatic carbocycles. The molecular weight excluding hydrogens is 270 g/mol. The quantitative estimate of drug-likeness (QED) is 0.611. The number of aliphatic imine (C=N–C) groups is 1. The maximum atomic E-state index is 5.14. The van der Waals surface area contributed by atoms with Crippen molar-refractivity contribution in [3.63, 3.8) is 0 Å². The largest absolute Gasteiger partial charge is 0.497 e. The van der Waals surface area contributed by atoms with Gasteiger partial charge in [-0.15, -0.1) is 0 Å². The molecule has 22 heavy (non-hydrogen) atoms. The van der Waals surface area contributed by atoms with Crippen molar-refractivity contribution in [1.29, 1.82) is 0 Å². The van der Waals surface area contributed by atoms with Crippen molar-refractivity contribution >= 4 is 11.9 Å². The molecule has 0 spiro atoms. The van der Waals surface area contributed by atoms with E-state index in [0.717, 1.165) is 17.0 Å². The van der Waals surface area contributed by atoms with Crippen LogP contribution in [0, 0.1) is 0 Å². The third-order valence-electron chi connectivity index (χ3n) is 3.45. The molecule has 0 aliphatic heterocycles. The number of ether oxygens (including phenoxy) is 1. The molecule has 0 aliphatic rings. The van der Waals surface area contributed by atoms with Gasteiger partial charge in [-0.25, -0.2) is 0 Å². The molecule has 0 radical (unpaired) electrons. The van der Waals surface area contributed by atoms with Gasteiger partial charge in [0.25, 0.3) is 0 Å². The van der Waals surface area contributed by atoms with E-state index in [-0.39, 0.29) is 0 Å². The Morgan fingerprint density at radius 3 is 2.00 bits per heavy atom. The monoisotopic (exact) mass is 287 g/mol. The lowest BCUT2D eigenvalue weighted by atomic mass is 10.0. The minimum absolute atomic E-state index is 0.839. The molecule has 0 fully saturated rings. The second kappa shape index (κ2) is 6.72. The third-order valence-corrected chi connectivity index (χ3v) is 3.45. The summed E-state index contributed by atoms with van der Waals surface area (Å²) in [6, 6.07) is 26.4. The minimum Gasteiger partial charge on any atom is -0.497 e. The van der Waals surface area contributed by atoms with E-state index < -0.39 is 0 Å². The molecule has 0 unspecified atom stereocenters. The first-order chi connectivity index (χ1) is 10.8. The van der Waals surface area contributed by atoms with Crippen LogP contribution in [0.3, 0.4) is 0 Å². The number of rotatable bonds is 4. The van der Waals surface area contributed by atoms with E-state index in [1.807, 2.05) is 48.7 Å². The van der Waals surface area contributed by atoms with Gasteiger partial charge in [-0.2, -0.15) is 0 Å². The number of benzene rings is 3. The van der Waals surface area contributed by atoms with E-state index in [4.69, 9.17) is 4.74 Å². The Morgan fingerprint density at radius 1 is 0.727 bits per heavy atom. The highest BCUT2D eigenvalue weighted by Crippen LogP contribution is 2.20. The average Bonchev–Trinajstić information content (AvgIpc) is 2.61. The van der Waals surface area contributed by atoms with E-state index in [1.165, 1.54) is 11.1 Å². The second-order valence-electron chi connectivity index (χ2n) is 4.94. The Labute approximate surface area is 130 Å². The van der Waals surface area contributed by atoms with Crippen LogP contribution in [0.4, 0.5) is 5.69 Å².